The molecule has 17 heavy (non-hydrogen) atoms. The zero-order chi connectivity index (χ0) is 12.8. The molecule has 1 aromatic rings. The van der Waals surface area contributed by atoms with E-state index in [0.29, 0.717) is 0 Å². The third-order valence-electron chi connectivity index (χ3n) is 3.12. The van der Waals surface area contributed by atoms with Gasteiger partial charge in [0.15, 0.2) is 0 Å². The Morgan fingerprint density at radius 2 is 2.12 bits per heavy atom. The highest BCUT2D eigenvalue weighted by atomic mass is 15.3. The maximum Gasteiger partial charge on any atom is 0.0670 e. The first-order valence-electron chi connectivity index (χ1n) is 6.57. The van der Waals surface area contributed by atoms with Gasteiger partial charge in [0.2, 0.25) is 0 Å². The number of hydrogen-bond donors (Lipinski definition) is 2. The molecule has 0 saturated carbocycles. The molecule has 0 saturated heterocycles. The summed E-state index contributed by atoms with van der Waals surface area (Å²) in [4.78, 5) is 0. The Balaban J connectivity index is 2.65. The minimum Gasteiger partial charge on any atom is -0.275 e. The number of hydrogen-bond acceptors (Lipinski definition) is 3. The molecule has 0 amide bonds. The van der Waals surface area contributed by atoms with Crippen molar-refractivity contribution in [1.82, 2.24) is 15.2 Å². The third-order valence-corrected chi connectivity index (χ3v) is 3.12. The van der Waals surface area contributed by atoms with Crippen LogP contribution >= 0.6 is 0 Å². The van der Waals surface area contributed by atoms with Gasteiger partial charge in [0, 0.05) is 24.8 Å². The zero-order valence-corrected chi connectivity index (χ0v) is 11.5. The highest BCUT2D eigenvalue weighted by Crippen LogP contribution is 2.23. The number of aromatic nitrogens is 2. The van der Waals surface area contributed by atoms with Gasteiger partial charge in [0.05, 0.1) is 5.69 Å². The molecule has 0 radical (unpaired) electrons. The molecule has 1 rings (SSSR count). The molecule has 0 aromatic carbocycles. The molecule has 3 N–H and O–H groups in total. The second kappa shape index (κ2) is 6.77. The summed E-state index contributed by atoms with van der Waals surface area (Å²) in [6.45, 7) is 6.65. The van der Waals surface area contributed by atoms with Crippen LogP contribution in [0.3, 0.4) is 0 Å². The molecule has 98 valence electrons. The van der Waals surface area contributed by atoms with Gasteiger partial charge < -0.3 is 0 Å². The van der Waals surface area contributed by atoms with Crippen LogP contribution in [-0.4, -0.2) is 9.78 Å². The van der Waals surface area contributed by atoms with Crippen molar-refractivity contribution in [2.24, 2.45) is 18.8 Å². The van der Waals surface area contributed by atoms with Crippen LogP contribution in [0.4, 0.5) is 0 Å². The number of rotatable bonds is 7. The van der Waals surface area contributed by atoms with Gasteiger partial charge in [-0.15, -0.1) is 0 Å². The summed E-state index contributed by atoms with van der Waals surface area (Å²) in [6.07, 6.45) is 6.56. The van der Waals surface area contributed by atoms with Crippen molar-refractivity contribution in [1.29, 1.82) is 0 Å². The van der Waals surface area contributed by atoms with Gasteiger partial charge in [-0.2, -0.15) is 5.10 Å². The number of nitrogens with zero attached hydrogens (tertiary/aromatic N) is 2. The lowest BCUT2D eigenvalue weighted by Crippen LogP contribution is -2.28. The van der Waals surface area contributed by atoms with Crippen molar-refractivity contribution < 1.29 is 0 Å². The normalized spacial score (nSPS) is 13.3. The zero-order valence-electron chi connectivity index (χ0n) is 11.5. The van der Waals surface area contributed by atoms with E-state index in [-0.39, 0.29) is 6.04 Å². The average Bonchev–Trinajstić information content (AvgIpc) is 2.65. The Morgan fingerprint density at radius 3 is 2.65 bits per heavy atom. The largest absolute Gasteiger partial charge is 0.275 e. The summed E-state index contributed by atoms with van der Waals surface area (Å²) in [5.74, 6) is 6.42. The monoisotopic (exact) mass is 238 g/mol. The first-order valence-corrected chi connectivity index (χ1v) is 6.57. The fourth-order valence-electron chi connectivity index (χ4n) is 2.18. The van der Waals surface area contributed by atoms with Gasteiger partial charge in [-0.1, -0.05) is 33.6 Å². The second-order valence-corrected chi connectivity index (χ2v) is 5.10. The lowest BCUT2D eigenvalue weighted by atomic mass is 9.98. The van der Waals surface area contributed by atoms with Crippen molar-refractivity contribution in [2.75, 3.05) is 0 Å². The number of nitrogens with one attached hydrogen (secondary N) is 1. The van der Waals surface area contributed by atoms with Gasteiger partial charge in [0.1, 0.15) is 0 Å². The molecular weight excluding hydrogens is 212 g/mol. The van der Waals surface area contributed by atoms with Crippen molar-refractivity contribution in [3.05, 3.63) is 17.5 Å². The summed E-state index contributed by atoms with van der Waals surface area (Å²) in [5.41, 5.74) is 5.33. The molecule has 0 spiro atoms. The quantitative estimate of drug-likeness (QED) is 0.566. The predicted molar refractivity (Wildman–Crippen MR) is 71.3 cm³/mol. The highest BCUT2D eigenvalue weighted by molar-refractivity contribution is 5.21. The van der Waals surface area contributed by atoms with E-state index in [1.807, 2.05) is 11.7 Å². The van der Waals surface area contributed by atoms with E-state index in [9.17, 15) is 0 Å². The van der Waals surface area contributed by atoms with E-state index in [1.165, 1.54) is 18.4 Å². The van der Waals surface area contributed by atoms with E-state index < -0.39 is 0 Å². The SMILES string of the molecule is CCc1nn(C)cc1C(CCCC(C)C)NN. The number of aryl methyl sites for hydroxylation is 2. The number of hydrazine groups is 1. The Bertz CT molecular complexity index is 330. The smallest absolute Gasteiger partial charge is 0.0670 e. The lowest BCUT2D eigenvalue weighted by molar-refractivity contribution is 0.453. The van der Waals surface area contributed by atoms with Crippen LogP contribution in [0.15, 0.2) is 6.20 Å². The summed E-state index contributed by atoms with van der Waals surface area (Å²) in [7, 11) is 1.96. The lowest BCUT2D eigenvalue weighted by Gasteiger charge is -2.16. The molecule has 1 atom stereocenters. The Kier molecular flexibility index (Phi) is 5.65. The van der Waals surface area contributed by atoms with Crippen molar-refractivity contribution in [3.8, 4) is 0 Å². The molecule has 0 aliphatic rings. The van der Waals surface area contributed by atoms with E-state index in [2.05, 4.69) is 37.5 Å². The predicted octanol–water partition coefficient (Wildman–Crippen LogP) is 2.31. The molecule has 0 aliphatic carbocycles. The molecule has 4 heteroatoms. The van der Waals surface area contributed by atoms with Crippen LogP contribution in [-0.2, 0) is 13.5 Å². The van der Waals surface area contributed by atoms with Crippen molar-refractivity contribution in [2.45, 2.75) is 52.5 Å². The highest BCUT2D eigenvalue weighted by Gasteiger charge is 2.16. The molecular formula is C13H26N4. The van der Waals surface area contributed by atoms with E-state index in [4.69, 9.17) is 5.84 Å². The fraction of sp³-hybridized carbons (Fsp3) is 0.769. The van der Waals surface area contributed by atoms with Crippen molar-refractivity contribution >= 4 is 0 Å². The second-order valence-electron chi connectivity index (χ2n) is 5.10. The molecule has 1 aromatic heterocycles. The molecule has 1 heterocycles. The van der Waals surface area contributed by atoms with Gasteiger partial charge >= 0.3 is 0 Å². The first-order chi connectivity index (χ1) is 8.08. The van der Waals surface area contributed by atoms with Crippen LogP contribution in [0.5, 0.6) is 0 Å². The van der Waals surface area contributed by atoms with Gasteiger partial charge in [0.25, 0.3) is 0 Å². The van der Waals surface area contributed by atoms with Gasteiger partial charge in [-0.05, 0) is 18.8 Å². The van der Waals surface area contributed by atoms with Crippen LogP contribution in [0.1, 0.15) is 57.3 Å². The Labute approximate surface area is 105 Å². The molecule has 1 unspecified atom stereocenters. The molecule has 0 bridgehead atoms. The van der Waals surface area contributed by atoms with Crippen LogP contribution in [0.2, 0.25) is 0 Å². The maximum absolute atomic E-state index is 5.67. The van der Waals surface area contributed by atoms with Crippen LogP contribution in [0.25, 0.3) is 0 Å². The standard InChI is InChI=1S/C13H26N4/c1-5-12-11(9-17(4)16-12)13(15-14)8-6-7-10(2)3/h9-10,13,15H,5-8,14H2,1-4H3. The summed E-state index contributed by atoms with van der Waals surface area (Å²) in [5, 5.41) is 4.46. The van der Waals surface area contributed by atoms with E-state index in [1.54, 1.807) is 0 Å². The van der Waals surface area contributed by atoms with Gasteiger partial charge in [-0.3, -0.25) is 16.0 Å². The molecule has 4 nitrogen and oxygen atoms in total. The van der Waals surface area contributed by atoms with E-state index >= 15 is 0 Å². The van der Waals surface area contributed by atoms with Crippen molar-refractivity contribution in [3.63, 3.8) is 0 Å². The first kappa shape index (κ1) is 14.2. The fourth-order valence-corrected chi connectivity index (χ4v) is 2.18. The molecule has 0 aliphatic heterocycles. The minimum absolute atomic E-state index is 0.234. The van der Waals surface area contributed by atoms with E-state index in [0.717, 1.165) is 24.5 Å². The minimum atomic E-state index is 0.234. The summed E-state index contributed by atoms with van der Waals surface area (Å²) < 4.78 is 1.88. The van der Waals surface area contributed by atoms with Crippen LogP contribution in [0, 0.1) is 5.92 Å². The summed E-state index contributed by atoms with van der Waals surface area (Å²) in [6, 6.07) is 0.234. The average molecular weight is 238 g/mol. The van der Waals surface area contributed by atoms with Crippen LogP contribution < -0.4 is 11.3 Å². The number of nitrogens with two attached hydrogens (primary N) is 1. The topological polar surface area (TPSA) is 55.9 Å². The molecule has 0 fully saturated rings. The van der Waals surface area contributed by atoms with Gasteiger partial charge in [-0.25, -0.2) is 0 Å². The Hall–Kier alpha value is -0.870. The summed E-state index contributed by atoms with van der Waals surface area (Å²) >= 11 is 0. The maximum atomic E-state index is 5.67. The Morgan fingerprint density at radius 1 is 1.41 bits per heavy atom. The third kappa shape index (κ3) is 4.13.